The SMILES string of the molecule is Nc1ccc(-c2c(O)c3ccccc3oc2=O)cc1. The van der Waals surface area contributed by atoms with Gasteiger partial charge in [0.15, 0.2) is 0 Å². The lowest BCUT2D eigenvalue weighted by Crippen LogP contribution is -2.03. The average Bonchev–Trinajstić information content (AvgIpc) is 2.41. The molecular weight excluding hydrogens is 242 g/mol. The van der Waals surface area contributed by atoms with Crippen LogP contribution in [0.25, 0.3) is 22.1 Å². The van der Waals surface area contributed by atoms with Crippen molar-refractivity contribution < 1.29 is 9.52 Å². The predicted octanol–water partition coefficient (Wildman–Crippen LogP) is 2.75. The van der Waals surface area contributed by atoms with Crippen LogP contribution in [0, 0.1) is 0 Å². The molecule has 2 aromatic carbocycles. The summed E-state index contributed by atoms with van der Waals surface area (Å²) in [7, 11) is 0. The third-order valence-corrected chi connectivity index (χ3v) is 2.99. The van der Waals surface area contributed by atoms with Gasteiger partial charge < -0.3 is 15.3 Å². The van der Waals surface area contributed by atoms with Crippen LogP contribution >= 0.6 is 0 Å². The summed E-state index contributed by atoms with van der Waals surface area (Å²) in [5.74, 6) is -0.0726. The molecule has 0 aliphatic carbocycles. The second kappa shape index (κ2) is 4.17. The molecule has 3 N–H and O–H groups in total. The van der Waals surface area contributed by atoms with E-state index in [1.165, 1.54) is 0 Å². The third-order valence-electron chi connectivity index (χ3n) is 2.99. The maximum Gasteiger partial charge on any atom is 0.347 e. The van der Waals surface area contributed by atoms with E-state index >= 15 is 0 Å². The number of fused-ring (bicyclic) bond motifs is 1. The highest BCUT2D eigenvalue weighted by Gasteiger charge is 2.15. The summed E-state index contributed by atoms with van der Waals surface area (Å²) < 4.78 is 5.21. The second-order valence-corrected chi connectivity index (χ2v) is 4.23. The van der Waals surface area contributed by atoms with Crippen LogP contribution in [-0.2, 0) is 0 Å². The number of benzene rings is 2. The predicted molar refractivity (Wildman–Crippen MR) is 74.0 cm³/mol. The Bertz CT molecular complexity index is 804. The molecule has 0 saturated heterocycles. The molecule has 0 atom stereocenters. The number of rotatable bonds is 1. The van der Waals surface area contributed by atoms with Crippen LogP contribution in [-0.4, -0.2) is 5.11 Å². The lowest BCUT2D eigenvalue weighted by atomic mass is 10.0. The van der Waals surface area contributed by atoms with E-state index in [0.29, 0.717) is 22.2 Å². The van der Waals surface area contributed by atoms with Crippen LogP contribution in [0.2, 0.25) is 0 Å². The molecule has 0 spiro atoms. The van der Waals surface area contributed by atoms with E-state index in [1.807, 2.05) is 0 Å². The first-order valence-corrected chi connectivity index (χ1v) is 5.77. The summed E-state index contributed by atoms with van der Waals surface area (Å²) in [5.41, 5.74) is 6.72. The summed E-state index contributed by atoms with van der Waals surface area (Å²) in [4.78, 5) is 12.0. The molecule has 0 bridgehead atoms. The van der Waals surface area contributed by atoms with Gasteiger partial charge >= 0.3 is 5.63 Å². The van der Waals surface area contributed by atoms with Gasteiger partial charge in [0.2, 0.25) is 0 Å². The summed E-state index contributed by atoms with van der Waals surface area (Å²) in [6, 6.07) is 13.6. The monoisotopic (exact) mass is 253 g/mol. The first kappa shape index (κ1) is 11.3. The zero-order chi connectivity index (χ0) is 13.4. The fourth-order valence-corrected chi connectivity index (χ4v) is 2.04. The number of aromatic hydroxyl groups is 1. The lowest BCUT2D eigenvalue weighted by Gasteiger charge is -2.06. The maximum atomic E-state index is 12.0. The zero-order valence-corrected chi connectivity index (χ0v) is 9.96. The molecular formula is C15H11NO3. The number of hydrogen-bond donors (Lipinski definition) is 2. The van der Waals surface area contributed by atoms with Crippen LogP contribution < -0.4 is 11.4 Å². The first-order chi connectivity index (χ1) is 9.16. The molecule has 0 fully saturated rings. The smallest absolute Gasteiger partial charge is 0.347 e. The van der Waals surface area contributed by atoms with Gasteiger partial charge in [-0.25, -0.2) is 4.79 Å². The molecule has 1 heterocycles. The molecule has 4 nitrogen and oxygen atoms in total. The summed E-state index contributed by atoms with van der Waals surface area (Å²) in [6.07, 6.45) is 0. The molecule has 0 unspecified atom stereocenters. The first-order valence-electron chi connectivity index (χ1n) is 5.77. The van der Waals surface area contributed by atoms with Gasteiger partial charge in [-0.15, -0.1) is 0 Å². The van der Waals surface area contributed by atoms with E-state index in [4.69, 9.17) is 10.2 Å². The quantitative estimate of drug-likeness (QED) is 0.516. The molecule has 3 aromatic rings. The van der Waals surface area contributed by atoms with Gasteiger partial charge in [-0.3, -0.25) is 0 Å². The molecule has 0 aliphatic heterocycles. The fraction of sp³-hybridized carbons (Fsp3) is 0. The number of anilines is 1. The fourth-order valence-electron chi connectivity index (χ4n) is 2.04. The Hall–Kier alpha value is -2.75. The van der Waals surface area contributed by atoms with Crippen LogP contribution in [0.3, 0.4) is 0 Å². The van der Waals surface area contributed by atoms with Crippen molar-refractivity contribution in [3.05, 3.63) is 59.0 Å². The number of nitrogens with two attached hydrogens (primary N) is 1. The highest BCUT2D eigenvalue weighted by Crippen LogP contribution is 2.32. The zero-order valence-electron chi connectivity index (χ0n) is 9.96. The standard InChI is InChI=1S/C15H11NO3/c16-10-7-5-9(6-8-10)13-14(17)11-3-1-2-4-12(11)19-15(13)18/h1-8,17H,16H2. The Balaban J connectivity index is 2.35. The van der Waals surface area contributed by atoms with Crippen molar-refractivity contribution in [1.82, 2.24) is 0 Å². The molecule has 19 heavy (non-hydrogen) atoms. The molecule has 0 aliphatic rings. The van der Waals surface area contributed by atoms with Crippen LogP contribution in [0.1, 0.15) is 0 Å². The maximum absolute atomic E-state index is 12.0. The van der Waals surface area contributed by atoms with Gasteiger partial charge in [-0.1, -0.05) is 24.3 Å². The van der Waals surface area contributed by atoms with Crippen molar-refractivity contribution >= 4 is 16.7 Å². The lowest BCUT2D eigenvalue weighted by molar-refractivity contribution is 0.471. The second-order valence-electron chi connectivity index (χ2n) is 4.23. The van der Waals surface area contributed by atoms with E-state index in [2.05, 4.69) is 0 Å². The van der Waals surface area contributed by atoms with E-state index in [9.17, 15) is 9.90 Å². The molecule has 4 heteroatoms. The van der Waals surface area contributed by atoms with Gasteiger partial charge in [-0.2, -0.15) is 0 Å². The van der Waals surface area contributed by atoms with Gasteiger partial charge in [0.05, 0.1) is 5.39 Å². The molecule has 3 rings (SSSR count). The Kier molecular flexibility index (Phi) is 2.49. The largest absolute Gasteiger partial charge is 0.506 e. The Morgan fingerprint density at radius 2 is 1.68 bits per heavy atom. The van der Waals surface area contributed by atoms with Crippen molar-refractivity contribution in [2.75, 3.05) is 5.73 Å². The third kappa shape index (κ3) is 1.83. The number of hydrogen-bond acceptors (Lipinski definition) is 4. The molecule has 0 amide bonds. The number of para-hydroxylation sites is 1. The number of nitrogen functional groups attached to an aromatic ring is 1. The highest BCUT2D eigenvalue weighted by molar-refractivity contribution is 5.90. The summed E-state index contributed by atoms with van der Waals surface area (Å²) >= 11 is 0. The van der Waals surface area contributed by atoms with E-state index in [-0.39, 0.29) is 11.3 Å². The van der Waals surface area contributed by atoms with E-state index < -0.39 is 5.63 Å². The highest BCUT2D eigenvalue weighted by atomic mass is 16.4. The Morgan fingerprint density at radius 1 is 1.00 bits per heavy atom. The van der Waals surface area contributed by atoms with Crippen molar-refractivity contribution in [3.63, 3.8) is 0 Å². The average molecular weight is 253 g/mol. The van der Waals surface area contributed by atoms with Crippen LogP contribution in [0.4, 0.5) is 5.69 Å². The summed E-state index contributed by atoms with van der Waals surface area (Å²) in [5, 5.41) is 10.8. The van der Waals surface area contributed by atoms with Crippen molar-refractivity contribution in [2.24, 2.45) is 0 Å². The minimum Gasteiger partial charge on any atom is -0.506 e. The van der Waals surface area contributed by atoms with Crippen LogP contribution in [0.15, 0.2) is 57.7 Å². The topological polar surface area (TPSA) is 76.5 Å². The Morgan fingerprint density at radius 3 is 2.42 bits per heavy atom. The van der Waals surface area contributed by atoms with Gasteiger partial charge in [0.1, 0.15) is 16.9 Å². The minimum absolute atomic E-state index is 0.0726. The molecule has 1 aromatic heterocycles. The van der Waals surface area contributed by atoms with Crippen molar-refractivity contribution in [2.45, 2.75) is 0 Å². The normalized spacial score (nSPS) is 10.7. The van der Waals surface area contributed by atoms with Crippen molar-refractivity contribution in [3.8, 4) is 16.9 Å². The minimum atomic E-state index is -0.569. The van der Waals surface area contributed by atoms with Gasteiger partial charge in [0, 0.05) is 5.69 Å². The molecule has 0 saturated carbocycles. The molecule has 94 valence electrons. The van der Waals surface area contributed by atoms with Crippen molar-refractivity contribution in [1.29, 1.82) is 0 Å². The summed E-state index contributed by atoms with van der Waals surface area (Å²) in [6.45, 7) is 0. The Labute approximate surface area is 108 Å². The van der Waals surface area contributed by atoms with Crippen LogP contribution in [0.5, 0.6) is 5.75 Å². The molecule has 0 radical (unpaired) electrons. The van der Waals surface area contributed by atoms with Gasteiger partial charge in [-0.05, 0) is 29.8 Å². The van der Waals surface area contributed by atoms with Gasteiger partial charge in [0.25, 0.3) is 0 Å². The van der Waals surface area contributed by atoms with E-state index in [1.54, 1.807) is 48.5 Å². The van der Waals surface area contributed by atoms with E-state index in [0.717, 1.165) is 0 Å².